The zero-order valence-electron chi connectivity index (χ0n) is 30.3. The predicted octanol–water partition coefficient (Wildman–Crippen LogP) is 10.2. The lowest BCUT2D eigenvalue weighted by Gasteiger charge is -2.38. The minimum Gasteiger partial charge on any atom is -0.378 e. The van der Waals surface area contributed by atoms with E-state index in [0.29, 0.717) is 34.2 Å². The Labute approximate surface area is 280 Å². The van der Waals surface area contributed by atoms with Crippen molar-refractivity contribution in [1.82, 2.24) is 0 Å². The highest BCUT2D eigenvalue weighted by Crippen LogP contribution is 2.45. The Morgan fingerprint density at radius 3 is 1.61 bits per heavy atom. The number of nitriles is 4. The van der Waals surface area contributed by atoms with E-state index in [0.717, 1.165) is 11.3 Å². The highest BCUT2D eigenvalue weighted by molar-refractivity contribution is 6.90. The van der Waals surface area contributed by atoms with Crippen LogP contribution in [-0.4, -0.2) is 22.2 Å². The highest BCUT2D eigenvalue weighted by Gasteiger charge is 2.42. The van der Waals surface area contributed by atoms with Crippen LogP contribution in [0, 0.1) is 67.6 Å². The average molecular weight is 630 g/mol. The molecule has 0 heterocycles. The van der Waals surface area contributed by atoms with Crippen molar-refractivity contribution in [2.75, 3.05) is 19.0 Å². The molecule has 0 bridgehead atoms. The van der Waals surface area contributed by atoms with Crippen LogP contribution in [0.4, 0.5) is 5.69 Å². The van der Waals surface area contributed by atoms with E-state index in [1.54, 1.807) is 6.08 Å². The number of nitrogens with zero attached hydrogens (tertiary/aromatic N) is 5. The standard InChI is InChI=1S/C40H51N5Si/c1-15-21-40(11,12)36(23-34(39(8,9)10)20-22-46(28(2)3,29(4)5)30(6)7)38(33(26-43)27-44)37(32(24-41)25-42)31-16-18-35(19-17-31)45(13)14/h15-19,28-30H,1,21H2,2-14H3. The second-order valence-electron chi connectivity index (χ2n) is 14.5. The molecule has 0 unspecified atom stereocenters. The lowest BCUT2D eigenvalue weighted by atomic mass is 9.72. The predicted molar refractivity (Wildman–Crippen MR) is 195 cm³/mol. The van der Waals surface area contributed by atoms with Gasteiger partial charge in [0.1, 0.15) is 43.5 Å². The molecule has 1 rings (SSSR count). The molecule has 0 fully saturated rings. The Morgan fingerprint density at radius 2 is 1.26 bits per heavy atom. The van der Waals surface area contributed by atoms with Crippen molar-refractivity contribution in [2.45, 2.75) is 99.2 Å². The molecule has 240 valence electrons. The van der Waals surface area contributed by atoms with E-state index in [-0.39, 0.29) is 22.3 Å². The first-order valence-electron chi connectivity index (χ1n) is 15.8. The molecule has 0 amide bonds. The van der Waals surface area contributed by atoms with E-state index in [1.807, 2.05) is 69.2 Å². The van der Waals surface area contributed by atoms with Gasteiger partial charge in [0.05, 0.1) is 0 Å². The van der Waals surface area contributed by atoms with Crippen LogP contribution in [0.5, 0.6) is 0 Å². The van der Waals surface area contributed by atoms with Gasteiger partial charge in [0.15, 0.2) is 0 Å². The Morgan fingerprint density at radius 1 is 0.804 bits per heavy atom. The van der Waals surface area contributed by atoms with Crippen molar-refractivity contribution in [1.29, 1.82) is 21.0 Å². The molecule has 0 N–H and O–H groups in total. The Kier molecular flexibility index (Phi) is 13.9. The molecule has 0 aliphatic carbocycles. The second-order valence-corrected chi connectivity index (χ2v) is 20.1. The first-order valence-corrected chi connectivity index (χ1v) is 18.1. The summed E-state index contributed by atoms with van der Waals surface area (Å²) >= 11 is 0. The number of benzene rings is 1. The number of allylic oxidation sites excluding steroid dienone is 6. The number of hydrogen-bond donors (Lipinski definition) is 0. The maximum atomic E-state index is 10.4. The van der Waals surface area contributed by atoms with E-state index in [9.17, 15) is 21.0 Å². The first-order chi connectivity index (χ1) is 21.3. The third kappa shape index (κ3) is 8.81. The van der Waals surface area contributed by atoms with Gasteiger partial charge in [0.25, 0.3) is 0 Å². The number of anilines is 1. The summed E-state index contributed by atoms with van der Waals surface area (Å²) in [7, 11) is 1.72. The molecule has 0 radical (unpaired) electrons. The maximum absolute atomic E-state index is 10.4. The van der Waals surface area contributed by atoms with Crippen molar-refractivity contribution in [3.8, 4) is 35.7 Å². The summed E-state index contributed by atoms with van der Waals surface area (Å²) in [6, 6.07) is 15.6. The van der Waals surface area contributed by atoms with E-state index < -0.39 is 18.9 Å². The molecule has 1 aromatic rings. The largest absolute Gasteiger partial charge is 0.378 e. The van der Waals surface area contributed by atoms with E-state index in [2.05, 4.69) is 98.2 Å². The summed E-state index contributed by atoms with van der Waals surface area (Å²) in [6.07, 6.45) is 2.27. The van der Waals surface area contributed by atoms with Gasteiger partial charge in [-0.3, -0.25) is 0 Å². The smallest absolute Gasteiger partial charge is 0.146 e. The van der Waals surface area contributed by atoms with E-state index >= 15 is 0 Å². The van der Waals surface area contributed by atoms with Gasteiger partial charge < -0.3 is 4.90 Å². The monoisotopic (exact) mass is 629 g/mol. The first kappa shape index (κ1) is 39.5. The third-order valence-electron chi connectivity index (χ3n) is 8.72. The van der Waals surface area contributed by atoms with Gasteiger partial charge >= 0.3 is 0 Å². The van der Waals surface area contributed by atoms with Crippen molar-refractivity contribution in [3.05, 3.63) is 76.1 Å². The van der Waals surface area contributed by atoms with Crippen LogP contribution in [0.3, 0.4) is 0 Å². The molecule has 0 aliphatic heterocycles. The number of rotatable bonds is 10. The molecule has 0 spiro atoms. The van der Waals surface area contributed by atoms with Crippen molar-refractivity contribution in [3.63, 3.8) is 0 Å². The van der Waals surface area contributed by atoms with Crippen LogP contribution >= 0.6 is 0 Å². The SMILES string of the molecule is C=CCC(C)(C)C(=C=C(C#C[Si](C(C)C)(C(C)C)C(C)C)C(C)(C)C)C(=C(C#N)C#N)C(=C(C#N)C#N)c1ccc(N(C)C)cc1. The van der Waals surface area contributed by atoms with Gasteiger partial charge in [-0.15, -0.1) is 17.9 Å². The second kappa shape index (κ2) is 16.2. The lowest BCUT2D eigenvalue weighted by Crippen LogP contribution is -2.43. The summed E-state index contributed by atoms with van der Waals surface area (Å²) < 4.78 is 0. The molecule has 0 saturated heterocycles. The Balaban J connectivity index is 4.81. The fourth-order valence-electron chi connectivity index (χ4n) is 6.16. The van der Waals surface area contributed by atoms with Crippen LogP contribution in [0.1, 0.15) is 88.1 Å². The van der Waals surface area contributed by atoms with Crippen LogP contribution < -0.4 is 4.90 Å². The zero-order valence-corrected chi connectivity index (χ0v) is 31.3. The van der Waals surface area contributed by atoms with Crippen molar-refractivity contribution in [2.24, 2.45) is 10.8 Å². The van der Waals surface area contributed by atoms with E-state index in [4.69, 9.17) is 0 Å². The van der Waals surface area contributed by atoms with Crippen LogP contribution in [0.25, 0.3) is 5.57 Å². The molecular weight excluding hydrogens is 579 g/mol. The molecule has 46 heavy (non-hydrogen) atoms. The molecule has 0 aliphatic rings. The van der Waals surface area contributed by atoms with Gasteiger partial charge in [0, 0.05) is 52.9 Å². The fraction of sp³-hybridized carbons (Fsp3) is 0.475. The van der Waals surface area contributed by atoms with Crippen LogP contribution in [0.2, 0.25) is 16.6 Å². The molecule has 6 heteroatoms. The summed E-state index contributed by atoms with van der Waals surface area (Å²) in [5, 5.41) is 41.1. The third-order valence-corrected chi connectivity index (χ3v) is 15.0. The fourth-order valence-corrected chi connectivity index (χ4v) is 11.4. The maximum Gasteiger partial charge on any atom is 0.146 e. The molecule has 1 aromatic carbocycles. The van der Waals surface area contributed by atoms with Gasteiger partial charge in [0.2, 0.25) is 0 Å². The molecular formula is C40H51N5Si. The normalized spacial score (nSPS) is 11.1. The number of hydrogen-bond acceptors (Lipinski definition) is 5. The lowest BCUT2D eigenvalue weighted by molar-refractivity contribution is 0.460. The molecule has 0 saturated carbocycles. The zero-order chi connectivity index (χ0) is 35.6. The highest BCUT2D eigenvalue weighted by atomic mass is 28.3. The Hall–Kier alpha value is -4.50. The van der Waals surface area contributed by atoms with E-state index in [1.165, 1.54) is 0 Å². The summed E-state index contributed by atoms with van der Waals surface area (Å²) in [4.78, 5) is 1.94. The minimum atomic E-state index is -2.13. The van der Waals surface area contributed by atoms with Gasteiger partial charge in [-0.2, -0.15) is 21.0 Å². The summed E-state index contributed by atoms with van der Waals surface area (Å²) in [5.41, 5.74) is 10.4. The molecule has 0 aromatic heterocycles. The van der Waals surface area contributed by atoms with Gasteiger partial charge in [-0.1, -0.05) is 100 Å². The molecule has 5 nitrogen and oxygen atoms in total. The van der Waals surface area contributed by atoms with Crippen molar-refractivity contribution >= 4 is 19.3 Å². The average Bonchev–Trinajstić information content (AvgIpc) is 2.96. The Bertz CT molecular complexity index is 1600. The molecule has 0 atom stereocenters. The van der Waals surface area contributed by atoms with Gasteiger partial charge in [-0.05, 0) is 40.7 Å². The summed E-state index contributed by atoms with van der Waals surface area (Å²) in [5.74, 6) is 3.61. The van der Waals surface area contributed by atoms with Crippen molar-refractivity contribution < 1.29 is 0 Å². The van der Waals surface area contributed by atoms with Crippen LogP contribution in [0.15, 0.2) is 70.5 Å². The van der Waals surface area contributed by atoms with Crippen LogP contribution in [-0.2, 0) is 0 Å². The topological polar surface area (TPSA) is 98.4 Å². The quantitative estimate of drug-likeness (QED) is 0.0640. The van der Waals surface area contributed by atoms with Gasteiger partial charge in [-0.25, -0.2) is 0 Å². The minimum absolute atomic E-state index is 0.196. The summed E-state index contributed by atoms with van der Waals surface area (Å²) in [6.45, 7) is 27.8.